The van der Waals surface area contributed by atoms with Gasteiger partial charge in [-0.25, -0.2) is 13.2 Å². The second-order valence-corrected chi connectivity index (χ2v) is 14.0. The van der Waals surface area contributed by atoms with E-state index in [2.05, 4.69) is 20.0 Å². The summed E-state index contributed by atoms with van der Waals surface area (Å²) in [5.74, 6) is -2.72. The molecule has 4 aromatic rings. The van der Waals surface area contributed by atoms with Gasteiger partial charge in [0.15, 0.2) is 5.82 Å². The zero-order valence-electron chi connectivity index (χ0n) is 25.3. The van der Waals surface area contributed by atoms with Gasteiger partial charge < -0.3 is 25.4 Å². The van der Waals surface area contributed by atoms with E-state index in [1.165, 1.54) is 0 Å². The van der Waals surface area contributed by atoms with Gasteiger partial charge in [-0.1, -0.05) is 6.07 Å². The molecule has 4 aliphatic heterocycles. The number of hydrogen-bond acceptors (Lipinski definition) is 10. The fraction of sp³-hybridized carbons (Fsp3) is 0.469. The third-order valence-corrected chi connectivity index (χ3v) is 11.1. The van der Waals surface area contributed by atoms with Gasteiger partial charge in [0.25, 0.3) is 0 Å². The van der Waals surface area contributed by atoms with Crippen LogP contribution in [0.2, 0.25) is 0 Å². The lowest BCUT2D eigenvalue weighted by Crippen LogP contribution is -2.51. The molecule has 0 saturated carbocycles. The minimum atomic E-state index is -5.24. The van der Waals surface area contributed by atoms with E-state index in [1.807, 2.05) is 15.9 Å². The van der Waals surface area contributed by atoms with Crippen molar-refractivity contribution in [3.05, 3.63) is 35.4 Å². The van der Waals surface area contributed by atoms with Gasteiger partial charge in [0.1, 0.15) is 46.8 Å². The fourth-order valence-corrected chi connectivity index (χ4v) is 9.00. The van der Waals surface area contributed by atoms with Crippen molar-refractivity contribution < 1.29 is 35.8 Å². The number of fused-ring (bicyclic) bond motifs is 5. The zero-order chi connectivity index (χ0) is 33.5. The average Bonchev–Trinajstić information content (AvgIpc) is 3.76. The van der Waals surface area contributed by atoms with Crippen LogP contribution in [0.3, 0.4) is 0 Å². The van der Waals surface area contributed by atoms with Crippen molar-refractivity contribution in [2.24, 2.45) is 0 Å². The fourth-order valence-electron chi connectivity index (χ4n) is 8.06. The molecule has 2 unspecified atom stereocenters. The number of nitrogens with one attached hydrogen (secondary N) is 1. The van der Waals surface area contributed by atoms with Crippen molar-refractivity contribution in [1.29, 1.82) is 5.26 Å². The molecule has 0 amide bonds. The summed E-state index contributed by atoms with van der Waals surface area (Å²) >= 11 is 0.729. The highest BCUT2D eigenvalue weighted by atomic mass is 32.1. The van der Waals surface area contributed by atoms with E-state index in [1.54, 1.807) is 0 Å². The highest BCUT2D eigenvalue weighted by Crippen LogP contribution is 2.48. The molecule has 0 radical (unpaired) electrons. The van der Waals surface area contributed by atoms with E-state index in [0.29, 0.717) is 26.1 Å². The van der Waals surface area contributed by atoms with Crippen LogP contribution in [0.4, 0.5) is 37.2 Å². The van der Waals surface area contributed by atoms with Gasteiger partial charge in [-0.2, -0.15) is 15.2 Å². The molecule has 2 bridgehead atoms. The molecule has 6 heterocycles. The molecule has 0 aliphatic carbocycles. The summed E-state index contributed by atoms with van der Waals surface area (Å²) in [7, 11) is 0. The Kier molecular flexibility index (Phi) is 7.31. The minimum Gasteiger partial charge on any atom is -0.461 e. The number of alkyl halides is 4. The number of halogens is 6. The second kappa shape index (κ2) is 11.2. The van der Waals surface area contributed by atoms with Crippen LogP contribution >= 0.6 is 11.3 Å². The lowest BCUT2D eigenvalue weighted by molar-refractivity contribution is -0.274. The van der Waals surface area contributed by atoms with E-state index in [9.17, 15) is 27.2 Å². The molecule has 8 rings (SSSR count). The maximum Gasteiger partial charge on any atom is 0.573 e. The van der Waals surface area contributed by atoms with Gasteiger partial charge >= 0.3 is 12.4 Å². The Morgan fingerprint density at radius 3 is 2.65 bits per heavy atom. The van der Waals surface area contributed by atoms with Crippen molar-refractivity contribution >= 4 is 43.1 Å². The highest BCUT2D eigenvalue weighted by molar-refractivity contribution is 7.23. The summed E-state index contributed by atoms with van der Waals surface area (Å²) < 4.78 is 98.7. The Morgan fingerprint density at radius 1 is 1.15 bits per heavy atom. The summed E-state index contributed by atoms with van der Waals surface area (Å²) in [4.78, 5) is 12.9. The van der Waals surface area contributed by atoms with Crippen molar-refractivity contribution in [1.82, 2.24) is 20.2 Å². The Labute approximate surface area is 274 Å². The van der Waals surface area contributed by atoms with E-state index in [4.69, 9.17) is 10.5 Å². The summed E-state index contributed by atoms with van der Waals surface area (Å²) in [6.07, 6.45) is -2.62. The van der Waals surface area contributed by atoms with Crippen LogP contribution in [-0.4, -0.2) is 77.8 Å². The smallest absolute Gasteiger partial charge is 0.461 e. The summed E-state index contributed by atoms with van der Waals surface area (Å²) in [6.45, 7) is 1.98. The van der Waals surface area contributed by atoms with Crippen molar-refractivity contribution in [3.8, 4) is 29.0 Å². The maximum absolute atomic E-state index is 17.1. The third kappa shape index (κ3) is 5.14. The molecule has 3 N–H and O–H groups in total. The van der Waals surface area contributed by atoms with E-state index >= 15 is 4.39 Å². The molecule has 2 aromatic carbocycles. The lowest BCUT2D eigenvalue weighted by Gasteiger charge is -2.35. The number of thiophene rings is 1. The molecular weight excluding hydrogens is 660 g/mol. The number of nitrogen functional groups attached to an aromatic ring is 1. The number of nitrogens with two attached hydrogens (primary N) is 1. The van der Waals surface area contributed by atoms with Crippen molar-refractivity contribution in [2.75, 3.05) is 43.4 Å². The number of rotatable bonds is 6. The Hall–Kier alpha value is -4.07. The van der Waals surface area contributed by atoms with Gasteiger partial charge in [0.2, 0.25) is 0 Å². The molecule has 4 saturated heterocycles. The largest absolute Gasteiger partial charge is 0.573 e. The van der Waals surface area contributed by atoms with Gasteiger partial charge in [-0.15, -0.1) is 24.5 Å². The number of ether oxygens (including phenoxy) is 2. The third-order valence-electron chi connectivity index (χ3n) is 10.0. The first-order chi connectivity index (χ1) is 22.9. The molecule has 9 nitrogen and oxygen atoms in total. The minimum absolute atomic E-state index is 0.0433. The van der Waals surface area contributed by atoms with Gasteiger partial charge in [0, 0.05) is 48.9 Å². The monoisotopic (exact) mass is 689 g/mol. The topological polar surface area (TPSA) is 113 Å². The molecule has 4 aliphatic rings. The standard InChI is InChI=1S/C32H29F6N7O2S/c33-15-9-31(6-1-7-45(31)11-15)14-46-30-42-26-19(29(43-30)44-12-16-2-3-17(13-44)41-16)8-22(47-32(36,37)38)24(25(26)35)18-4-5-21(34)27-23(18)20(10-39)28(40)48-27/h4-5,8,15-17,41H,1-3,6-7,9,11-14,40H2/t15-,16?,17?,31+/m1/s1. The van der Waals surface area contributed by atoms with E-state index < -0.39 is 41.0 Å². The second-order valence-electron chi connectivity index (χ2n) is 13.0. The first-order valence-electron chi connectivity index (χ1n) is 15.7. The Morgan fingerprint density at radius 2 is 1.92 bits per heavy atom. The first-order valence-corrected chi connectivity index (χ1v) is 16.5. The van der Waals surface area contributed by atoms with E-state index in [-0.39, 0.29) is 74.1 Å². The lowest BCUT2D eigenvalue weighted by atomic mass is 9.95. The molecule has 252 valence electrons. The number of nitriles is 1. The Bertz CT molecular complexity index is 1990. The summed E-state index contributed by atoms with van der Waals surface area (Å²) in [5, 5.41) is 13.1. The van der Waals surface area contributed by atoms with E-state index in [0.717, 1.165) is 55.3 Å². The number of anilines is 2. The molecule has 0 spiro atoms. The van der Waals surface area contributed by atoms with Crippen LogP contribution in [0.25, 0.3) is 32.1 Å². The van der Waals surface area contributed by atoms with Crippen LogP contribution in [0.1, 0.15) is 37.7 Å². The average molecular weight is 690 g/mol. The predicted molar refractivity (Wildman–Crippen MR) is 167 cm³/mol. The number of benzene rings is 2. The highest BCUT2D eigenvalue weighted by Gasteiger charge is 2.49. The Balaban J connectivity index is 1.34. The molecular formula is C32H29F6N7O2S. The van der Waals surface area contributed by atoms with Crippen LogP contribution in [-0.2, 0) is 0 Å². The van der Waals surface area contributed by atoms with Crippen LogP contribution in [0, 0.1) is 23.0 Å². The quantitative estimate of drug-likeness (QED) is 0.234. The number of piperazine rings is 1. The predicted octanol–water partition coefficient (Wildman–Crippen LogP) is 6.04. The van der Waals surface area contributed by atoms with Crippen LogP contribution in [0.15, 0.2) is 18.2 Å². The zero-order valence-corrected chi connectivity index (χ0v) is 26.2. The van der Waals surface area contributed by atoms with Crippen LogP contribution in [0.5, 0.6) is 11.8 Å². The van der Waals surface area contributed by atoms with Crippen molar-refractivity contribution in [2.45, 2.75) is 62.3 Å². The maximum atomic E-state index is 17.1. The van der Waals surface area contributed by atoms with Crippen LogP contribution < -0.4 is 25.4 Å². The van der Waals surface area contributed by atoms with Gasteiger partial charge in [0.05, 0.1) is 21.4 Å². The summed E-state index contributed by atoms with van der Waals surface area (Å²) in [6, 6.07) is 4.95. The molecule has 4 fully saturated rings. The number of hydrogen-bond donors (Lipinski definition) is 2. The number of nitrogens with zero attached hydrogens (tertiary/aromatic N) is 5. The molecule has 48 heavy (non-hydrogen) atoms. The SMILES string of the molecule is N#Cc1c(N)sc2c(F)ccc(-c3c(OC(F)(F)F)cc4c(N5CC6CCC(C5)N6)nc(OC[C@@]56CCCN5C[C@H](F)C6)nc4c3F)c12. The molecule has 2 aromatic heterocycles. The molecule has 4 atom stereocenters. The first kappa shape index (κ1) is 31.2. The molecule has 16 heteroatoms. The number of aromatic nitrogens is 2. The normalized spacial score (nSPS) is 25.6. The summed E-state index contributed by atoms with van der Waals surface area (Å²) in [5.41, 5.74) is 3.97. The van der Waals surface area contributed by atoms with Gasteiger partial charge in [-0.05, 0) is 49.9 Å². The van der Waals surface area contributed by atoms with Crippen molar-refractivity contribution in [3.63, 3.8) is 0 Å². The van der Waals surface area contributed by atoms with Gasteiger partial charge in [-0.3, -0.25) is 4.90 Å².